The molecule has 5 heterocycles. The molecule has 4 saturated heterocycles. The topological polar surface area (TPSA) is 91.3 Å². The monoisotopic (exact) mass is 382 g/mol. The second kappa shape index (κ2) is 3.86. The number of para-hydroxylation sites is 1. The highest BCUT2D eigenvalue weighted by Gasteiger charge is 2.99. The van der Waals surface area contributed by atoms with Gasteiger partial charge in [-0.2, -0.15) is 0 Å². The molecule has 146 valence electrons. The van der Waals surface area contributed by atoms with Crippen LogP contribution in [-0.2, 0) is 14.9 Å². The lowest BCUT2D eigenvalue weighted by molar-refractivity contribution is -0.348. The molecule has 28 heavy (non-hydrogen) atoms. The van der Waals surface area contributed by atoms with Crippen molar-refractivity contribution in [3.05, 3.63) is 23.8 Å². The van der Waals surface area contributed by atoms with Crippen molar-refractivity contribution in [3.63, 3.8) is 0 Å². The predicted molar refractivity (Wildman–Crippen MR) is 95.9 cm³/mol. The summed E-state index contributed by atoms with van der Waals surface area (Å²) in [6.07, 6.45) is 0.550. The Balaban J connectivity index is 1.56. The van der Waals surface area contributed by atoms with Crippen LogP contribution in [0.3, 0.4) is 0 Å². The SMILES string of the molecule is COc1cccc2c1N[C@@]13CC[C@@]45[C@H]6N(CC[C@@H]4O)[C@H]4O[C@@H]5[C@@]1(O)C(=O)[C@H]4[C@]263. The Hall–Kier alpha value is -1.67. The molecule has 4 aliphatic carbocycles. The van der Waals surface area contributed by atoms with Gasteiger partial charge in [0, 0.05) is 18.0 Å². The summed E-state index contributed by atoms with van der Waals surface area (Å²) in [7, 11) is 1.65. The number of aliphatic hydroxyl groups excluding tert-OH is 1. The third-order valence-electron chi connectivity index (χ3n) is 9.78. The van der Waals surface area contributed by atoms with Gasteiger partial charge in [-0.1, -0.05) is 12.1 Å². The first-order valence-electron chi connectivity index (χ1n) is 10.3. The minimum Gasteiger partial charge on any atom is -0.495 e. The summed E-state index contributed by atoms with van der Waals surface area (Å²) < 4.78 is 12.1. The third kappa shape index (κ3) is 0.962. The molecule has 0 aromatic heterocycles. The highest BCUT2D eigenvalue weighted by Crippen LogP contribution is 2.84. The number of Topliss-reactive ketones (excluding diaryl/α,β-unsaturated/α-hetero) is 1. The van der Waals surface area contributed by atoms with Crippen LogP contribution in [0.4, 0.5) is 5.69 Å². The highest BCUT2D eigenvalue weighted by atomic mass is 16.5. The van der Waals surface area contributed by atoms with E-state index in [9.17, 15) is 15.0 Å². The lowest BCUT2D eigenvalue weighted by Gasteiger charge is -2.74. The first-order valence-corrected chi connectivity index (χ1v) is 10.3. The number of aliphatic hydroxyl groups is 2. The molecule has 1 unspecified atom stereocenters. The van der Waals surface area contributed by atoms with Crippen molar-refractivity contribution in [1.29, 1.82) is 0 Å². The van der Waals surface area contributed by atoms with Crippen molar-refractivity contribution in [2.45, 2.75) is 60.3 Å². The Bertz CT molecular complexity index is 1010. The van der Waals surface area contributed by atoms with Gasteiger partial charge in [-0.05, 0) is 30.9 Å². The molecule has 7 heteroatoms. The van der Waals surface area contributed by atoms with E-state index in [1.54, 1.807) is 7.11 Å². The molecule has 10 rings (SSSR count). The maximum atomic E-state index is 13.8. The summed E-state index contributed by atoms with van der Waals surface area (Å²) in [4.78, 5) is 16.1. The van der Waals surface area contributed by atoms with Crippen LogP contribution in [0.25, 0.3) is 0 Å². The smallest absolute Gasteiger partial charge is 0.177 e. The number of hydrogen-bond donors (Lipinski definition) is 3. The van der Waals surface area contributed by atoms with Gasteiger partial charge in [-0.3, -0.25) is 9.69 Å². The maximum Gasteiger partial charge on any atom is 0.177 e. The van der Waals surface area contributed by atoms with Crippen LogP contribution in [0, 0.1) is 11.3 Å². The van der Waals surface area contributed by atoms with Crippen LogP contribution in [0.5, 0.6) is 5.75 Å². The Morgan fingerprint density at radius 1 is 1.36 bits per heavy atom. The summed E-state index contributed by atoms with van der Waals surface area (Å²) in [5.74, 6) is 0.248. The first-order chi connectivity index (χ1) is 13.5. The number of ether oxygens (including phenoxy) is 2. The van der Waals surface area contributed by atoms with E-state index >= 15 is 0 Å². The van der Waals surface area contributed by atoms with Crippen molar-refractivity contribution < 1.29 is 24.5 Å². The van der Waals surface area contributed by atoms with Crippen LogP contribution >= 0.6 is 0 Å². The minimum absolute atomic E-state index is 0.00108. The molecule has 10 atom stereocenters. The number of fused-ring (bicyclic) bond motifs is 2. The molecule has 3 N–H and O–H groups in total. The summed E-state index contributed by atoms with van der Waals surface area (Å²) in [5, 5.41) is 27.0. The fourth-order valence-corrected chi connectivity index (χ4v) is 9.32. The molecule has 7 nitrogen and oxygen atoms in total. The molecule has 4 saturated carbocycles. The van der Waals surface area contributed by atoms with Gasteiger partial charge in [-0.25, -0.2) is 0 Å². The molecule has 0 amide bonds. The van der Waals surface area contributed by atoms with Crippen molar-refractivity contribution in [2.75, 3.05) is 19.0 Å². The first kappa shape index (κ1) is 15.2. The number of benzene rings is 1. The minimum atomic E-state index is -1.61. The van der Waals surface area contributed by atoms with Gasteiger partial charge < -0.3 is 25.0 Å². The van der Waals surface area contributed by atoms with Crippen LogP contribution in [0.1, 0.15) is 24.8 Å². The third-order valence-corrected chi connectivity index (χ3v) is 9.78. The molecule has 3 spiro atoms. The van der Waals surface area contributed by atoms with E-state index in [1.165, 1.54) is 0 Å². The number of ketones is 1. The van der Waals surface area contributed by atoms with Crippen LogP contribution in [-0.4, -0.2) is 70.2 Å². The Morgan fingerprint density at radius 2 is 2.21 bits per heavy atom. The number of carbonyl (C=O) groups is 1. The molecule has 9 aliphatic rings. The molecule has 9 bridgehead atoms. The van der Waals surface area contributed by atoms with Gasteiger partial charge in [0.25, 0.3) is 0 Å². The number of methoxy groups -OCH3 is 1. The van der Waals surface area contributed by atoms with Crippen molar-refractivity contribution in [3.8, 4) is 5.75 Å². The van der Waals surface area contributed by atoms with E-state index in [1.807, 2.05) is 12.1 Å². The lowest BCUT2D eigenvalue weighted by Crippen LogP contribution is -2.90. The van der Waals surface area contributed by atoms with Gasteiger partial charge >= 0.3 is 0 Å². The Labute approximate surface area is 161 Å². The number of rotatable bonds is 1. The van der Waals surface area contributed by atoms with Gasteiger partial charge in [0.15, 0.2) is 11.4 Å². The van der Waals surface area contributed by atoms with E-state index < -0.39 is 40.1 Å². The van der Waals surface area contributed by atoms with Crippen LogP contribution in [0.2, 0.25) is 0 Å². The number of anilines is 1. The second-order valence-corrected chi connectivity index (χ2v) is 9.85. The molecule has 5 aliphatic heterocycles. The molecular weight excluding hydrogens is 360 g/mol. The number of piperidine rings is 1. The van der Waals surface area contributed by atoms with E-state index in [4.69, 9.17) is 9.47 Å². The standard InChI is InChI=1S/C21H22N2O5/c1-27-10-4-2-3-9-13(10)22-19-7-6-18-11(24)5-8-23-15-12(20(9,19)16(18)23)14(25)21(19,26)17(18)28-15/h2-4,11-12,15-17,22,24,26H,5-8H2,1H3/t11-,12+,15-,16+,17-,18-,19+,20+,21-/m0/s1. The van der Waals surface area contributed by atoms with E-state index in [2.05, 4.69) is 16.3 Å². The summed E-state index contributed by atoms with van der Waals surface area (Å²) in [6, 6.07) is 5.98. The van der Waals surface area contributed by atoms with Crippen molar-refractivity contribution in [1.82, 2.24) is 4.90 Å². The van der Waals surface area contributed by atoms with Crippen LogP contribution in [0.15, 0.2) is 18.2 Å². The maximum absolute atomic E-state index is 13.8. The van der Waals surface area contributed by atoms with Gasteiger partial charge in [-0.15, -0.1) is 0 Å². The largest absolute Gasteiger partial charge is 0.495 e. The quantitative estimate of drug-likeness (QED) is 0.630. The zero-order valence-corrected chi connectivity index (χ0v) is 15.5. The number of carbonyl (C=O) groups excluding carboxylic acids is 1. The zero-order chi connectivity index (χ0) is 18.8. The zero-order valence-electron chi connectivity index (χ0n) is 15.5. The average Bonchev–Trinajstić information content (AvgIpc) is 3.18. The highest BCUT2D eigenvalue weighted by molar-refractivity contribution is 6.04. The van der Waals surface area contributed by atoms with Crippen molar-refractivity contribution in [2.24, 2.45) is 11.3 Å². The fourth-order valence-electron chi connectivity index (χ4n) is 9.32. The lowest BCUT2D eigenvalue weighted by atomic mass is 9.39. The van der Waals surface area contributed by atoms with Gasteiger partial charge in [0.05, 0.1) is 35.8 Å². The van der Waals surface area contributed by atoms with E-state index in [0.29, 0.717) is 12.8 Å². The molecule has 1 aromatic rings. The summed E-state index contributed by atoms with van der Waals surface area (Å²) >= 11 is 0. The summed E-state index contributed by atoms with van der Waals surface area (Å²) in [5.41, 5.74) is -1.63. The van der Waals surface area contributed by atoms with E-state index in [-0.39, 0.29) is 18.1 Å². The van der Waals surface area contributed by atoms with Gasteiger partial charge in [0.2, 0.25) is 0 Å². The second-order valence-electron chi connectivity index (χ2n) is 9.85. The predicted octanol–water partition coefficient (Wildman–Crippen LogP) is -0.00520. The number of hydrogen-bond acceptors (Lipinski definition) is 7. The van der Waals surface area contributed by atoms with Crippen molar-refractivity contribution >= 4 is 11.5 Å². The summed E-state index contributed by atoms with van der Waals surface area (Å²) in [6.45, 7) is 0.726. The molecule has 0 radical (unpaired) electrons. The normalized spacial score (nSPS) is 60.2. The van der Waals surface area contributed by atoms with E-state index in [0.717, 1.165) is 30.0 Å². The average molecular weight is 382 g/mol. The number of nitrogens with zero attached hydrogens (tertiary/aromatic N) is 1. The Morgan fingerprint density at radius 3 is 3.04 bits per heavy atom. The van der Waals surface area contributed by atoms with Crippen LogP contribution < -0.4 is 10.1 Å². The fraction of sp³-hybridized carbons (Fsp3) is 0.667. The Kier molecular flexibility index (Phi) is 2.10. The van der Waals surface area contributed by atoms with Gasteiger partial charge in [0.1, 0.15) is 18.1 Å². The molecule has 8 fully saturated rings. The molecule has 1 aromatic carbocycles. The number of nitrogens with one attached hydrogen (secondary N) is 1. The molecular formula is C21H22N2O5.